The minimum absolute atomic E-state index is 0.0531. The van der Waals surface area contributed by atoms with Crippen molar-refractivity contribution in [1.82, 2.24) is 10.1 Å². The number of benzene rings is 4. The van der Waals surface area contributed by atoms with Gasteiger partial charge in [-0.15, -0.1) is 0 Å². The minimum atomic E-state index is -0.557. The number of nitro groups is 1. The van der Waals surface area contributed by atoms with Crippen molar-refractivity contribution in [3.63, 3.8) is 0 Å². The zero-order chi connectivity index (χ0) is 26.8. The van der Waals surface area contributed by atoms with Gasteiger partial charge in [0.05, 0.1) is 16.2 Å². The average Bonchev–Trinajstić information content (AvgIpc) is 3.62. The minimum Gasteiger partial charge on any atom is -0.355 e. The third kappa shape index (κ3) is 4.32. The molecule has 4 aromatic carbocycles. The summed E-state index contributed by atoms with van der Waals surface area (Å²) in [5, 5.41) is 16.9. The fraction of sp³-hybridized carbons (Fsp3) is 0. The van der Waals surface area contributed by atoms with Crippen molar-refractivity contribution in [2.75, 3.05) is 0 Å². The third-order valence-corrected chi connectivity index (χ3v) is 6.51. The number of nitrogens with zero attached hydrogens (tertiary/aromatic N) is 2. The summed E-state index contributed by atoms with van der Waals surface area (Å²) in [6.45, 7) is 0. The van der Waals surface area contributed by atoms with E-state index in [2.05, 4.69) is 10.1 Å². The van der Waals surface area contributed by atoms with Gasteiger partial charge in [-0.25, -0.2) is 0 Å². The van der Waals surface area contributed by atoms with Crippen LogP contribution in [0, 0.1) is 10.1 Å². The lowest BCUT2D eigenvalue weighted by molar-refractivity contribution is -0.384. The molecule has 0 bridgehead atoms. The molecule has 7 nitrogen and oxygen atoms in total. The molecule has 2 aromatic heterocycles. The zero-order valence-electron chi connectivity index (χ0n) is 20.6. The Kier molecular flexibility index (Phi) is 6.15. The van der Waals surface area contributed by atoms with Crippen LogP contribution in [0.3, 0.4) is 0 Å². The molecule has 1 N–H and O–H groups in total. The molecule has 0 aliphatic carbocycles. The second-order valence-electron chi connectivity index (χ2n) is 8.88. The average molecular weight is 512 g/mol. The lowest BCUT2D eigenvalue weighted by Gasteiger charge is -2.06. The highest BCUT2D eigenvalue weighted by Crippen LogP contribution is 2.43. The Morgan fingerprint density at radius 2 is 1.10 bits per heavy atom. The maximum absolute atomic E-state index is 14.6. The quantitative estimate of drug-likeness (QED) is 0.134. The van der Waals surface area contributed by atoms with E-state index < -0.39 is 10.7 Å². The van der Waals surface area contributed by atoms with Gasteiger partial charge >= 0.3 is 5.69 Å². The molecular weight excluding hydrogens is 490 g/mol. The van der Waals surface area contributed by atoms with E-state index in [9.17, 15) is 14.9 Å². The summed E-state index contributed by atoms with van der Waals surface area (Å²) in [5.74, 6) is -0.312. The smallest absolute Gasteiger partial charge is 0.306 e. The molecule has 39 heavy (non-hydrogen) atoms. The Hall–Kier alpha value is -5.56. The predicted octanol–water partition coefficient (Wildman–Crippen LogP) is 7.81. The van der Waals surface area contributed by atoms with E-state index in [1.165, 1.54) is 0 Å². The third-order valence-electron chi connectivity index (χ3n) is 6.51. The van der Waals surface area contributed by atoms with Crippen LogP contribution in [0.15, 0.2) is 126 Å². The first-order valence-corrected chi connectivity index (χ1v) is 12.3. The van der Waals surface area contributed by atoms with Crippen molar-refractivity contribution in [1.29, 1.82) is 0 Å². The van der Waals surface area contributed by atoms with E-state index in [0.29, 0.717) is 33.6 Å². The SMILES string of the molecule is O=C(c1c(-c2ccccc2)noc1-c1ccccc1)c1c(-c2ccccc2)[nH]c(-c2ccccc2)c1[N+](=O)[O-]. The number of rotatable bonds is 7. The van der Waals surface area contributed by atoms with Gasteiger partial charge in [-0.05, 0) is 5.56 Å². The maximum atomic E-state index is 14.6. The van der Waals surface area contributed by atoms with Gasteiger partial charge in [0.2, 0.25) is 5.78 Å². The van der Waals surface area contributed by atoms with Crippen LogP contribution in [0.5, 0.6) is 0 Å². The molecular formula is C32H21N3O4. The summed E-state index contributed by atoms with van der Waals surface area (Å²) in [7, 11) is 0. The number of aromatic nitrogens is 2. The van der Waals surface area contributed by atoms with Crippen LogP contribution in [-0.2, 0) is 0 Å². The normalized spacial score (nSPS) is 10.9. The number of H-pyrrole nitrogens is 1. The molecule has 0 saturated heterocycles. The number of carbonyl (C=O) groups excluding carboxylic acids is 1. The van der Waals surface area contributed by atoms with E-state index in [1.807, 2.05) is 97.1 Å². The summed E-state index contributed by atoms with van der Waals surface area (Å²) in [6, 6.07) is 36.4. The van der Waals surface area contributed by atoms with Crippen LogP contribution >= 0.6 is 0 Å². The van der Waals surface area contributed by atoms with Gasteiger partial charge in [-0.2, -0.15) is 0 Å². The first kappa shape index (κ1) is 23.8. The van der Waals surface area contributed by atoms with Crippen molar-refractivity contribution in [2.45, 2.75) is 0 Å². The van der Waals surface area contributed by atoms with E-state index in [1.54, 1.807) is 24.3 Å². The van der Waals surface area contributed by atoms with Gasteiger partial charge in [0.1, 0.15) is 17.0 Å². The highest BCUT2D eigenvalue weighted by molar-refractivity contribution is 6.21. The van der Waals surface area contributed by atoms with Crippen LogP contribution in [0.25, 0.3) is 45.1 Å². The zero-order valence-corrected chi connectivity index (χ0v) is 20.6. The van der Waals surface area contributed by atoms with Gasteiger partial charge in [-0.3, -0.25) is 14.9 Å². The van der Waals surface area contributed by atoms with Crippen LogP contribution in [0.1, 0.15) is 15.9 Å². The predicted molar refractivity (Wildman–Crippen MR) is 149 cm³/mol. The van der Waals surface area contributed by atoms with Crippen molar-refractivity contribution >= 4 is 11.5 Å². The van der Waals surface area contributed by atoms with Crippen molar-refractivity contribution < 1.29 is 14.2 Å². The summed E-state index contributed by atoms with van der Waals surface area (Å²) >= 11 is 0. The summed E-state index contributed by atoms with van der Waals surface area (Å²) in [5.41, 5.74) is 3.26. The second kappa shape index (κ2) is 10.1. The fourth-order valence-electron chi connectivity index (χ4n) is 4.73. The number of hydrogen-bond acceptors (Lipinski definition) is 5. The van der Waals surface area contributed by atoms with Gasteiger partial charge in [-0.1, -0.05) is 126 Å². The fourth-order valence-corrected chi connectivity index (χ4v) is 4.73. The van der Waals surface area contributed by atoms with Crippen molar-refractivity contribution in [3.8, 4) is 45.1 Å². The van der Waals surface area contributed by atoms with E-state index >= 15 is 0 Å². The number of carbonyl (C=O) groups is 1. The van der Waals surface area contributed by atoms with E-state index in [-0.39, 0.29) is 28.3 Å². The lowest BCUT2D eigenvalue weighted by atomic mass is 9.93. The molecule has 0 spiro atoms. The monoisotopic (exact) mass is 511 g/mol. The van der Waals surface area contributed by atoms with Crippen molar-refractivity contribution in [2.24, 2.45) is 0 Å². The number of aromatic amines is 1. The lowest BCUT2D eigenvalue weighted by Crippen LogP contribution is -2.07. The van der Waals surface area contributed by atoms with Gasteiger partial charge in [0.25, 0.3) is 0 Å². The molecule has 188 valence electrons. The Morgan fingerprint density at radius 1 is 0.641 bits per heavy atom. The van der Waals surface area contributed by atoms with Crippen molar-refractivity contribution in [3.05, 3.63) is 143 Å². The molecule has 7 heteroatoms. The molecule has 0 aliphatic rings. The Bertz CT molecular complexity index is 1720. The van der Waals surface area contributed by atoms with Gasteiger partial charge < -0.3 is 9.51 Å². The molecule has 0 fully saturated rings. The Morgan fingerprint density at radius 3 is 1.62 bits per heavy atom. The maximum Gasteiger partial charge on any atom is 0.306 e. The van der Waals surface area contributed by atoms with E-state index in [4.69, 9.17) is 4.52 Å². The molecule has 0 aliphatic heterocycles. The van der Waals surface area contributed by atoms with Crippen LogP contribution in [0.2, 0.25) is 0 Å². The first-order chi connectivity index (χ1) is 19.1. The summed E-state index contributed by atoms with van der Waals surface area (Å²) < 4.78 is 5.77. The number of nitrogens with one attached hydrogen (secondary N) is 1. The van der Waals surface area contributed by atoms with Crippen LogP contribution in [-0.4, -0.2) is 20.8 Å². The summed E-state index contributed by atoms with van der Waals surface area (Å²) in [6.07, 6.45) is 0. The van der Waals surface area contributed by atoms with Crippen LogP contribution in [0.4, 0.5) is 5.69 Å². The molecule has 6 aromatic rings. The number of ketones is 1. The van der Waals surface area contributed by atoms with Gasteiger partial charge in [0, 0.05) is 16.7 Å². The highest BCUT2D eigenvalue weighted by Gasteiger charge is 2.37. The Balaban J connectivity index is 1.67. The molecule has 0 unspecified atom stereocenters. The molecule has 0 radical (unpaired) electrons. The number of hydrogen-bond donors (Lipinski definition) is 1. The van der Waals surface area contributed by atoms with Crippen LogP contribution < -0.4 is 0 Å². The molecule has 2 heterocycles. The standard InChI is InChI=1S/C32H21N3O4/c36-31(26-28(22-15-7-2-8-16-22)34-39-32(26)24-19-11-4-12-20-24)25-27(21-13-5-1-6-14-21)33-29(30(25)35(37)38)23-17-9-3-10-18-23/h1-20,33H. The first-order valence-electron chi connectivity index (χ1n) is 12.3. The molecule has 0 saturated carbocycles. The van der Waals surface area contributed by atoms with E-state index in [0.717, 1.165) is 0 Å². The second-order valence-corrected chi connectivity index (χ2v) is 8.88. The molecule has 0 amide bonds. The topological polar surface area (TPSA) is 102 Å². The summed E-state index contributed by atoms with van der Waals surface area (Å²) in [4.78, 5) is 30.0. The van der Waals surface area contributed by atoms with Gasteiger partial charge in [0.15, 0.2) is 5.76 Å². The molecule has 6 rings (SSSR count). The Labute approximate surface area is 223 Å². The highest BCUT2D eigenvalue weighted by atomic mass is 16.6. The largest absolute Gasteiger partial charge is 0.355 e. The molecule has 0 atom stereocenters.